The van der Waals surface area contributed by atoms with Crippen LogP contribution in [0.4, 0.5) is 0 Å². The minimum absolute atomic E-state index is 0.0232. The van der Waals surface area contributed by atoms with E-state index in [1.54, 1.807) is 24.3 Å². The number of benzene rings is 2. The molecule has 0 aliphatic heterocycles. The topological polar surface area (TPSA) is 81.7 Å². The Morgan fingerprint density at radius 3 is 2.30 bits per heavy atom. The Kier molecular flexibility index (Phi) is 7.55. The van der Waals surface area contributed by atoms with E-state index in [0.717, 1.165) is 11.1 Å². The van der Waals surface area contributed by atoms with Crippen LogP contribution in [0.25, 0.3) is 0 Å². The molecule has 0 spiro atoms. The molecule has 0 radical (unpaired) electrons. The van der Waals surface area contributed by atoms with Gasteiger partial charge in [0.25, 0.3) is 5.91 Å². The van der Waals surface area contributed by atoms with Gasteiger partial charge in [-0.25, -0.2) is 4.79 Å². The molecule has 6 nitrogen and oxygen atoms in total. The first-order valence-corrected chi connectivity index (χ1v) is 8.64. The summed E-state index contributed by atoms with van der Waals surface area (Å²) in [6.07, 6.45) is 0.215. The molecule has 0 bridgehead atoms. The Labute approximate surface area is 158 Å². The van der Waals surface area contributed by atoms with E-state index in [2.05, 4.69) is 10.1 Å². The summed E-state index contributed by atoms with van der Waals surface area (Å²) < 4.78 is 9.66. The van der Waals surface area contributed by atoms with E-state index in [1.165, 1.54) is 7.11 Å². The van der Waals surface area contributed by atoms with Crippen LogP contribution in [0.15, 0.2) is 54.6 Å². The molecule has 2 rings (SSSR count). The third-order valence-electron chi connectivity index (χ3n) is 4.07. The monoisotopic (exact) mass is 369 g/mol. The summed E-state index contributed by atoms with van der Waals surface area (Å²) in [7, 11) is 1.32. The number of amides is 1. The quantitative estimate of drug-likeness (QED) is 0.724. The molecule has 0 aliphatic carbocycles. The summed E-state index contributed by atoms with van der Waals surface area (Å²) >= 11 is 0. The van der Waals surface area contributed by atoms with Crippen molar-refractivity contribution >= 4 is 17.8 Å². The lowest BCUT2D eigenvalue weighted by Gasteiger charge is -2.11. The molecule has 0 saturated carbocycles. The van der Waals surface area contributed by atoms with Crippen molar-refractivity contribution in [3.05, 3.63) is 71.3 Å². The second-order valence-corrected chi connectivity index (χ2v) is 6.14. The van der Waals surface area contributed by atoms with Gasteiger partial charge in [0.05, 0.1) is 19.1 Å². The minimum atomic E-state index is -0.415. The molecule has 2 aromatic rings. The minimum Gasteiger partial charge on any atom is -0.465 e. The standard InChI is InChI=1S/C21H23NO5/c1-15(17-6-4-3-5-7-17)12-20(24)27-14-19(23)22-13-16-8-10-18(11-9-16)21(25)26-2/h3-11,15H,12-14H2,1-2H3,(H,22,23)/t15-/m1/s1. The van der Waals surface area contributed by atoms with Gasteiger partial charge in [0, 0.05) is 6.54 Å². The highest BCUT2D eigenvalue weighted by Gasteiger charge is 2.13. The number of methoxy groups -OCH3 is 1. The molecule has 0 aromatic heterocycles. The first kappa shape index (κ1) is 20.2. The van der Waals surface area contributed by atoms with Crippen molar-refractivity contribution in [1.82, 2.24) is 5.32 Å². The molecule has 0 heterocycles. The molecule has 1 N–H and O–H groups in total. The zero-order chi connectivity index (χ0) is 19.6. The van der Waals surface area contributed by atoms with E-state index in [-0.39, 0.29) is 31.4 Å². The number of esters is 2. The summed E-state index contributed by atoms with van der Waals surface area (Å²) in [5.74, 6) is -1.19. The predicted octanol–water partition coefficient (Wildman–Crippen LogP) is 2.83. The summed E-state index contributed by atoms with van der Waals surface area (Å²) in [6.45, 7) is 1.90. The van der Waals surface area contributed by atoms with Crippen molar-refractivity contribution < 1.29 is 23.9 Å². The highest BCUT2D eigenvalue weighted by atomic mass is 16.5. The van der Waals surface area contributed by atoms with Gasteiger partial charge < -0.3 is 14.8 Å². The van der Waals surface area contributed by atoms with Crippen LogP contribution in [0.2, 0.25) is 0 Å². The van der Waals surface area contributed by atoms with E-state index in [4.69, 9.17) is 4.74 Å². The van der Waals surface area contributed by atoms with Gasteiger partial charge in [-0.15, -0.1) is 0 Å². The fourth-order valence-electron chi connectivity index (χ4n) is 2.48. The van der Waals surface area contributed by atoms with Crippen molar-refractivity contribution in [2.45, 2.75) is 25.8 Å². The number of rotatable bonds is 8. The van der Waals surface area contributed by atoms with E-state index in [0.29, 0.717) is 5.56 Å². The average Bonchev–Trinajstić information content (AvgIpc) is 2.71. The molecule has 0 aliphatic rings. The molecule has 0 saturated heterocycles. The van der Waals surface area contributed by atoms with Crippen LogP contribution in [-0.2, 0) is 25.6 Å². The van der Waals surface area contributed by atoms with E-state index in [1.807, 2.05) is 37.3 Å². The number of hydrogen-bond donors (Lipinski definition) is 1. The van der Waals surface area contributed by atoms with E-state index < -0.39 is 11.9 Å². The third kappa shape index (κ3) is 6.58. The molecule has 27 heavy (non-hydrogen) atoms. The number of nitrogens with one attached hydrogen (secondary N) is 1. The molecular weight excluding hydrogens is 346 g/mol. The fourth-order valence-corrected chi connectivity index (χ4v) is 2.48. The summed E-state index contributed by atoms with van der Waals surface area (Å²) in [5, 5.41) is 2.67. The van der Waals surface area contributed by atoms with Gasteiger partial charge in [0.2, 0.25) is 0 Å². The molecule has 142 valence electrons. The van der Waals surface area contributed by atoms with Crippen molar-refractivity contribution in [3.8, 4) is 0 Å². The number of carbonyl (C=O) groups is 3. The lowest BCUT2D eigenvalue weighted by Crippen LogP contribution is -2.28. The third-order valence-corrected chi connectivity index (χ3v) is 4.07. The second-order valence-electron chi connectivity index (χ2n) is 6.14. The first-order chi connectivity index (χ1) is 13.0. The van der Waals surface area contributed by atoms with Gasteiger partial charge in [-0.1, -0.05) is 49.4 Å². The zero-order valence-corrected chi connectivity index (χ0v) is 15.4. The molecule has 2 aromatic carbocycles. The second kappa shape index (κ2) is 10.1. The van der Waals surface area contributed by atoms with Crippen LogP contribution in [0.1, 0.15) is 40.7 Å². The number of ether oxygens (including phenoxy) is 2. The fraction of sp³-hybridized carbons (Fsp3) is 0.286. The van der Waals surface area contributed by atoms with Crippen LogP contribution in [0, 0.1) is 0 Å². The van der Waals surface area contributed by atoms with Gasteiger partial charge in [0.15, 0.2) is 6.61 Å². The molecule has 1 amide bonds. The Morgan fingerprint density at radius 2 is 1.67 bits per heavy atom. The maximum absolute atomic E-state index is 11.9. The molecule has 0 fully saturated rings. The molecule has 0 unspecified atom stereocenters. The van der Waals surface area contributed by atoms with Crippen LogP contribution in [-0.4, -0.2) is 31.6 Å². The molecule has 1 atom stereocenters. The summed E-state index contributed by atoms with van der Waals surface area (Å²) in [6, 6.07) is 16.4. The Bertz CT molecular complexity index is 771. The lowest BCUT2D eigenvalue weighted by molar-refractivity contribution is -0.148. The first-order valence-electron chi connectivity index (χ1n) is 8.64. The Morgan fingerprint density at radius 1 is 1.00 bits per heavy atom. The van der Waals surface area contributed by atoms with Gasteiger partial charge >= 0.3 is 11.9 Å². The highest BCUT2D eigenvalue weighted by molar-refractivity contribution is 5.89. The SMILES string of the molecule is COC(=O)c1ccc(CNC(=O)COC(=O)C[C@@H](C)c2ccccc2)cc1. The van der Waals surface area contributed by atoms with Crippen LogP contribution in [0.5, 0.6) is 0 Å². The van der Waals surface area contributed by atoms with E-state index in [9.17, 15) is 14.4 Å². The largest absolute Gasteiger partial charge is 0.465 e. The normalized spacial score (nSPS) is 11.3. The zero-order valence-electron chi connectivity index (χ0n) is 15.4. The van der Waals surface area contributed by atoms with Crippen molar-refractivity contribution in [1.29, 1.82) is 0 Å². The Balaban J connectivity index is 1.71. The maximum Gasteiger partial charge on any atom is 0.337 e. The number of hydrogen-bond acceptors (Lipinski definition) is 5. The smallest absolute Gasteiger partial charge is 0.337 e. The van der Waals surface area contributed by atoms with Gasteiger partial charge in [-0.2, -0.15) is 0 Å². The van der Waals surface area contributed by atoms with Crippen LogP contribution < -0.4 is 5.32 Å². The summed E-state index contributed by atoms with van der Waals surface area (Å²) in [4.78, 5) is 35.1. The lowest BCUT2D eigenvalue weighted by atomic mass is 9.98. The van der Waals surface area contributed by atoms with Gasteiger partial charge in [0.1, 0.15) is 0 Å². The average molecular weight is 369 g/mol. The Hall–Kier alpha value is -3.15. The highest BCUT2D eigenvalue weighted by Crippen LogP contribution is 2.18. The van der Waals surface area contributed by atoms with E-state index >= 15 is 0 Å². The van der Waals surface area contributed by atoms with Gasteiger partial charge in [-0.3, -0.25) is 9.59 Å². The maximum atomic E-state index is 11.9. The van der Waals surface area contributed by atoms with Crippen molar-refractivity contribution in [2.24, 2.45) is 0 Å². The van der Waals surface area contributed by atoms with Crippen molar-refractivity contribution in [2.75, 3.05) is 13.7 Å². The van der Waals surface area contributed by atoms with Gasteiger partial charge in [-0.05, 0) is 29.2 Å². The van der Waals surface area contributed by atoms with Crippen LogP contribution >= 0.6 is 0 Å². The molecular formula is C21H23NO5. The van der Waals surface area contributed by atoms with Crippen molar-refractivity contribution in [3.63, 3.8) is 0 Å². The summed E-state index contributed by atoms with van der Waals surface area (Å²) in [5.41, 5.74) is 2.31. The van der Waals surface area contributed by atoms with Crippen LogP contribution in [0.3, 0.4) is 0 Å². The number of carbonyl (C=O) groups excluding carboxylic acids is 3. The molecule has 6 heteroatoms. The predicted molar refractivity (Wildman–Crippen MR) is 100 cm³/mol.